The van der Waals surface area contributed by atoms with Crippen molar-refractivity contribution in [3.05, 3.63) is 35.4 Å². The fourth-order valence-corrected chi connectivity index (χ4v) is 4.01. The fraction of sp³-hybridized carbons (Fsp3) is 0.667. The molecule has 1 aliphatic carbocycles. The summed E-state index contributed by atoms with van der Waals surface area (Å²) < 4.78 is 0. The minimum absolute atomic E-state index is 0.319. The van der Waals surface area contributed by atoms with E-state index < -0.39 is 0 Å². The molecular weight excluding hydrogens is 374 g/mol. The van der Waals surface area contributed by atoms with Gasteiger partial charge in [-0.25, -0.2) is 0 Å². The Hall–Kier alpha value is -2.08. The van der Waals surface area contributed by atoms with Crippen LogP contribution >= 0.6 is 0 Å². The normalized spacial score (nSPS) is 19.3. The molecule has 1 unspecified atom stereocenters. The van der Waals surface area contributed by atoms with E-state index in [1.54, 1.807) is 0 Å². The summed E-state index contributed by atoms with van der Waals surface area (Å²) in [6.45, 7) is 13.6. The van der Waals surface area contributed by atoms with Crippen LogP contribution < -0.4 is 10.6 Å². The van der Waals surface area contributed by atoms with E-state index in [9.17, 15) is 4.79 Å². The van der Waals surface area contributed by atoms with Crippen LogP contribution in [0.25, 0.3) is 0 Å². The lowest BCUT2D eigenvalue weighted by Gasteiger charge is -2.38. The Kier molecular flexibility index (Phi) is 8.55. The zero-order valence-electron chi connectivity index (χ0n) is 19.0. The first-order valence-electron chi connectivity index (χ1n) is 11.7. The van der Waals surface area contributed by atoms with E-state index in [0.29, 0.717) is 17.7 Å². The lowest BCUT2D eigenvalue weighted by atomic mass is 9.84. The first-order chi connectivity index (χ1) is 14.6. The van der Waals surface area contributed by atoms with Crippen molar-refractivity contribution in [1.82, 2.24) is 20.4 Å². The molecule has 166 valence electrons. The van der Waals surface area contributed by atoms with Crippen LogP contribution in [-0.2, 0) is 4.79 Å². The summed E-state index contributed by atoms with van der Waals surface area (Å²) >= 11 is 0. The van der Waals surface area contributed by atoms with E-state index in [4.69, 9.17) is 4.99 Å². The third-order valence-electron chi connectivity index (χ3n) is 6.37. The molecular formula is C24H39N5O. The van der Waals surface area contributed by atoms with Gasteiger partial charge in [0, 0.05) is 64.2 Å². The summed E-state index contributed by atoms with van der Waals surface area (Å²) in [6.07, 6.45) is 3.41. The number of rotatable bonds is 8. The lowest BCUT2D eigenvalue weighted by molar-refractivity contribution is -0.139. The Bertz CT molecular complexity index is 690. The third-order valence-corrected chi connectivity index (χ3v) is 6.37. The van der Waals surface area contributed by atoms with Crippen molar-refractivity contribution >= 4 is 11.9 Å². The molecule has 1 saturated heterocycles. The van der Waals surface area contributed by atoms with Crippen LogP contribution in [0, 0.1) is 12.8 Å². The van der Waals surface area contributed by atoms with Gasteiger partial charge in [0.2, 0.25) is 5.91 Å². The van der Waals surface area contributed by atoms with Crippen molar-refractivity contribution in [3.8, 4) is 0 Å². The topological polar surface area (TPSA) is 60.0 Å². The lowest BCUT2D eigenvalue weighted by Crippen LogP contribution is -2.52. The van der Waals surface area contributed by atoms with Gasteiger partial charge in [0.25, 0.3) is 0 Å². The molecule has 1 heterocycles. The van der Waals surface area contributed by atoms with E-state index in [0.717, 1.165) is 71.2 Å². The number of aliphatic imine (C=N–C) groups is 1. The molecule has 1 amide bonds. The quantitative estimate of drug-likeness (QED) is 0.508. The summed E-state index contributed by atoms with van der Waals surface area (Å²) in [5.74, 6) is 1.99. The zero-order chi connectivity index (χ0) is 21.3. The third kappa shape index (κ3) is 6.46. The average molecular weight is 414 g/mol. The van der Waals surface area contributed by atoms with Gasteiger partial charge >= 0.3 is 0 Å². The highest BCUT2D eigenvalue weighted by molar-refractivity contribution is 5.80. The Labute approximate surface area is 182 Å². The minimum atomic E-state index is 0.319. The minimum Gasteiger partial charge on any atom is -0.357 e. The van der Waals surface area contributed by atoms with Gasteiger partial charge in [0.05, 0.1) is 0 Å². The second kappa shape index (κ2) is 11.3. The van der Waals surface area contributed by atoms with Gasteiger partial charge in [-0.2, -0.15) is 0 Å². The zero-order valence-corrected chi connectivity index (χ0v) is 19.0. The van der Waals surface area contributed by atoms with Crippen LogP contribution in [0.4, 0.5) is 0 Å². The predicted molar refractivity (Wildman–Crippen MR) is 124 cm³/mol. The summed E-state index contributed by atoms with van der Waals surface area (Å²) in [5.41, 5.74) is 2.62. The first-order valence-corrected chi connectivity index (χ1v) is 11.7. The van der Waals surface area contributed by atoms with Gasteiger partial charge < -0.3 is 15.5 Å². The Morgan fingerprint density at radius 3 is 2.43 bits per heavy atom. The van der Waals surface area contributed by atoms with Gasteiger partial charge in [-0.05, 0) is 32.3 Å². The number of guanidine groups is 1. The van der Waals surface area contributed by atoms with Crippen LogP contribution in [0.5, 0.6) is 0 Å². The molecule has 1 aliphatic heterocycles. The number of nitrogens with one attached hydrogen (secondary N) is 2. The molecule has 30 heavy (non-hydrogen) atoms. The maximum Gasteiger partial charge on any atom is 0.225 e. The molecule has 1 aromatic rings. The number of hydrogen-bond acceptors (Lipinski definition) is 3. The van der Waals surface area contributed by atoms with Crippen molar-refractivity contribution in [2.45, 2.75) is 46.0 Å². The van der Waals surface area contributed by atoms with Crippen molar-refractivity contribution in [1.29, 1.82) is 0 Å². The molecule has 2 aliphatic rings. The smallest absolute Gasteiger partial charge is 0.225 e. The van der Waals surface area contributed by atoms with Gasteiger partial charge in [-0.3, -0.25) is 14.7 Å². The summed E-state index contributed by atoms with van der Waals surface area (Å²) in [6, 6.07) is 8.73. The molecule has 0 spiro atoms. The molecule has 0 radical (unpaired) electrons. The first kappa shape index (κ1) is 22.6. The summed E-state index contributed by atoms with van der Waals surface area (Å²) in [7, 11) is 0. The number of benzene rings is 1. The second-order valence-electron chi connectivity index (χ2n) is 8.75. The highest BCUT2D eigenvalue weighted by Crippen LogP contribution is 2.28. The monoisotopic (exact) mass is 413 g/mol. The van der Waals surface area contributed by atoms with Crippen LogP contribution in [0.2, 0.25) is 0 Å². The van der Waals surface area contributed by atoms with Gasteiger partial charge in [-0.1, -0.05) is 43.2 Å². The molecule has 0 bridgehead atoms. The van der Waals surface area contributed by atoms with Crippen molar-refractivity contribution < 1.29 is 4.79 Å². The second-order valence-corrected chi connectivity index (χ2v) is 8.75. The molecule has 6 nitrogen and oxygen atoms in total. The van der Waals surface area contributed by atoms with Crippen LogP contribution in [0.1, 0.15) is 50.2 Å². The summed E-state index contributed by atoms with van der Waals surface area (Å²) in [5, 5.41) is 6.82. The molecule has 1 saturated carbocycles. The molecule has 2 fully saturated rings. The fourth-order valence-electron chi connectivity index (χ4n) is 4.01. The standard InChI is InChI=1S/C24H39N5O/c1-4-25-24(27-18-20(3)21-10-8-19(2)9-11-21)26-12-13-28-14-16-29(17-15-28)23(30)22-6-5-7-22/h8-11,20,22H,4-7,12-18H2,1-3H3,(H2,25,26,27). The number of hydrogen-bond donors (Lipinski definition) is 2. The summed E-state index contributed by atoms with van der Waals surface area (Å²) in [4.78, 5) is 21.7. The molecule has 6 heteroatoms. The van der Waals surface area contributed by atoms with Crippen molar-refractivity contribution in [2.75, 3.05) is 52.4 Å². The van der Waals surface area contributed by atoms with E-state index in [1.807, 2.05) is 0 Å². The number of carbonyl (C=O) groups is 1. The SMILES string of the molecule is CCNC(=NCC(C)c1ccc(C)cc1)NCCN1CCN(C(=O)C2CCC2)CC1. The Balaban J connectivity index is 1.38. The van der Waals surface area contributed by atoms with E-state index >= 15 is 0 Å². The molecule has 3 rings (SSSR count). The Morgan fingerprint density at radius 2 is 1.83 bits per heavy atom. The predicted octanol–water partition coefficient (Wildman–Crippen LogP) is 2.60. The van der Waals surface area contributed by atoms with Crippen molar-refractivity contribution in [3.63, 3.8) is 0 Å². The van der Waals surface area contributed by atoms with Crippen LogP contribution in [0.15, 0.2) is 29.3 Å². The Morgan fingerprint density at radius 1 is 1.13 bits per heavy atom. The molecule has 1 aromatic carbocycles. The largest absolute Gasteiger partial charge is 0.357 e. The highest BCUT2D eigenvalue weighted by Gasteiger charge is 2.30. The number of carbonyl (C=O) groups excluding carboxylic acids is 1. The molecule has 1 atom stereocenters. The van der Waals surface area contributed by atoms with E-state index in [-0.39, 0.29) is 0 Å². The van der Waals surface area contributed by atoms with Crippen molar-refractivity contribution in [2.24, 2.45) is 10.9 Å². The molecule has 2 N–H and O–H groups in total. The van der Waals surface area contributed by atoms with Gasteiger partial charge in [0.1, 0.15) is 0 Å². The van der Waals surface area contributed by atoms with E-state index in [2.05, 4.69) is 65.5 Å². The van der Waals surface area contributed by atoms with Crippen LogP contribution in [-0.4, -0.2) is 74.0 Å². The van der Waals surface area contributed by atoms with Gasteiger partial charge in [0.15, 0.2) is 5.96 Å². The number of piperazine rings is 1. The average Bonchev–Trinajstić information content (AvgIpc) is 2.71. The van der Waals surface area contributed by atoms with Gasteiger partial charge in [-0.15, -0.1) is 0 Å². The van der Waals surface area contributed by atoms with E-state index in [1.165, 1.54) is 17.5 Å². The maximum absolute atomic E-state index is 12.4. The highest BCUT2D eigenvalue weighted by atomic mass is 16.2. The molecule has 0 aromatic heterocycles. The number of aryl methyl sites for hydroxylation is 1. The maximum atomic E-state index is 12.4. The number of nitrogens with zero attached hydrogens (tertiary/aromatic N) is 3. The van der Waals surface area contributed by atoms with Crippen LogP contribution in [0.3, 0.4) is 0 Å². The number of amides is 1.